The van der Waals surface area contributed by atoms with Gasteiger partial charge >= 0.3 is 0 Å². The van der Waals surface area contributed by atoms with Gasteiger partial charge in [0.15, 0.2) is 0 Å². The Morgan fingerprint density at radius 3 is 2.81 bits per heavy atom. The number of hydrogen-bond acceptors (Lipinski definition) is 4. The van der Waals surface area contributed by atoms with Crippen LogP contribution >= 0.6 is 0 Å². The molecule has 0 aliphatic rings. The molecule has 2 unspecified atom stereocenters. The van der Waals surface area contributed by atoms with E-state index in [0.717, 1.165) is 18.5 Å². The quantitative estimate of drug-likeness (QED) is 0.747. The van der Waals surface area contributed by atoms with E-state index in [-0.39, 0.29) is 17.9 Å². The number of nitrogens with zero attached hydrogens (tertiary/aromatic N) is 3. The molecule has 0 spiro atoms. The van der Waals surface area contributed by atoms with Gasteiger partial charge in [-0.1, -0.05) is 42.5 Å². The number of nitrogens with two attached hydrogens (primary N) is 1. The molecular weight excluding hydrogens is 266 g/mol. The van der Waals surface area contributed by atoms with Gasteiger partial charge in [-0.3, -0.25) is 9.48 Å². The van der Waals surface area contributed by atoms with Gasteiger partial charge in [-0.15, -0.1) is 5.10 Å². The van der Waals surface area contributed by atoms with Crippen molar-refractivity contribution in [2.75, 3.05) is 6.54 Å². The molecule has 3 N–H and O–H groups in total. The normalized spacial score (nSPS) is 13.6. The topological polar surface area (TPSA) is 85.8 Å². The lowest BCUT2D eigenvalue weighted by molar-refractivity contribution is -0.125. The average molecular weight is 287 g/mol. The lowest BCUT2D eigenvalue weighted by Crippen LogP contribution is -2.36. The van der Waals surface area contributed by atoms with Gasteiger partial charge in [0.05, 0.1) is 12.1 Å². The van der Waals surface area contributed by atoms with Gasteiger partial charge in [0.1, 0.15) is 0 Å². The largest absolute Gasteiger partial charge is 0.356 e. The highest BCUT2D eigenvalue weighted by molar-refractivity contribution is 5.79. The second-order valence-electron chi connectivity index (χ2n) is 5.04. The summed E-state index contributed by atoms with van der Waals surface area (Å²) in [5.41, 5.74) is 7.11. The van der Waals surface area contributed by atoms with Crippen LogP contribution in [0.3, 0.4) is 0 Å². The lowest BCUT2D eigenvalue weighted by Gasteiger charge is -2.19. The Bertz CT molecular complexity index is 540. The molecule has 0 aliphatic heterocycles. The van der Waals surface area contributed by atoms with Gasteiger partial charge < -0.3 is 11.1 Å². The first kappa shape index (κ1) is 15.2. The van der Waals surface area contributed by atoms with Crippen LogP contribution in [0.1, 0.15) is 24.9 Å². The fraction of sp³-hybridized carbons (Fsp3) is 0.400. The molecule has 2 atom stereocenters. The van der Waals surface area contributed by atoms with Crippen molar-refractivity contribution in [2.24, 2.45) is 11.7 Å². The van der Waals surface area contributed by atoms with E-state index in [1.807, 2.05) is 37.3 Å². The molecule has 1 aromatic carbocycles. The van der Waals surface area contributed by atoms with Crippen LogP contribution in [0.4, 0.5) is 0 Å². The third-order valence-electron chi connectivity index (χ3n) is 3.47. The molecule has 0 aliphatic carbocycles. The SMILES string of the molecule is CC(C(=O)NCCCn1ccnn1)C(N)c1ccccc1. The fourth-order valence-electron chi connectivity index (χ4n) is 2.09. The lowest BCUT2D eigenvalue weighted by atomic mass is 9.95. The standard InChI is InChI=1S/C15H21N5O/c1-12(14(16)13-6-3-2-4-7-13)15(21)17-8-5-10-20-11-9-18-19-20/h2-4,6-7,9,11-12,14H,5,8,10,16H2,1H3,(H,17,21). The van der Waals surface area contributed by atoms with E-state index in [0.29, 0.717) is 6.54 Å². The molecular formula is C15H21N5O. The van der Waals surface area contributed by atoms with Crippen molar-refractivity contribution in [2.45, 2.75) is 25.9 Å². The number of nitrogens with one attached hydrogen (secondary N) is 1. The van der Waals surface area contributed by atoms with Crippen LogP contribution in [-0.2, 0) is 11.3 Å². The summed E-state index contributed by atoms with van der Waals surface area (Å²) in [5, 5.41) is 10.5. The smallest absolute Gasteiger partial charge is 0.224 e. The van der Waals surface area contributed by atoms with Gasteiger partial charge in [0.2, 0.25) is 5.91 Å². The maximum Gasteiger partial charge on any atom is 0.224 e. The number of aromatic nitrogens is 3. The minimum absolute atomic E-state index is 0.0232. The first-order valence-electron chi connectivity index (χ1n) is 7.11. The monoisotopic (exact) mass is 287 g/mol. The molecule has 21 heavy (non-hydrogen) atoms. The van der Waals surface area contributed by atoms with E-state index in [1.54, 1.807) is 17.1 Å². The molecule has 112 valence electrons. The maximum atomic E-state index is 12.1. The van der Waals surface area contributed by atoms with Crippen LogP contribution in [0.5, 0.6) is 0 Å². The van der Waals surface area contributed by atoms with Crippen LogP contribution < -0.4 is 11.1 Å². The zero-order valence-electron chi connectivity index (χ0n) is 12.1. The van der Waals surface area contributed by atoms with Crippen LogP contribution in [-0.4, -0.2) is 27.4 Å². The van der Waals surface area contributed by atoms with Gasteiger partial charge in [0, 0.05) is 25.3 Å². The molecule has 0 bridgehead atoms. The Morgan fingerprint density at radius 1 is 1.38 bits per heavy atom. The third-order valence-corrected chi connectivity index (χ3v) is 3.47. The van der Waals surface area contributed by atoms with Crippen LogP contribution in [0.2, 0.25) is 0 Å². The van der Waals surface area contributed by atoms with Crippen molar-refractivity contribution < 1.29 is 4.79 Å². The molecule has 0 saturated heterocycles. The number of rotatable bonds is 7. The molecule has 6 nitrogen and oxygen atoms in total. The molecule has 2 aromatic rings. The summed E-state index contributed by atoms with van der Waals surface area (Å²) < 4.78 is 1.74. The number of carbonyl (C=O) groups is 1. The summed E-state index contributed by atoms with van der Waals surface area (Å²) in [6.07, 6.45) is 4.25. The second-order valence-corrected chi connectivity index (χ2v) is 5.04. The van der Waals surface area contributed by atoms with E-state index >= 15 is 0 Å². The maximum absolute atomic E-state index is 12.1. The van der Waals surface area contributed by atoms with Gasteiger partial charge in [-0.2, -0.15) is 0 Å². The highest BCUT2D eigenvalue weighted by Gasteiger charge is 2.21. The Hall–Kier alpha value is -2.21. The third kappa shape index (κ3) is 4.39. The summed E-state index contributed by atoms with van der Waals surface area (Å²) in [4.78, 5) is 12.1. The minimum Gasteiger partial charge on any atom is -0.356 e. The zero-order valence-corrected chi connectivity index (χ0v) is 12.1. The number of aryl methyl sites for hydroxylation is 1. The Kier molecular flexibility index (Phi) is 5.45. The minimum atomic E-state index is -0.290. The van der Waals surface area contributed by atoms with Crippen LogP contribution in [0.25, 0.3) is 0 Å². The fourth-order valence-corrected chi connectivity index (χ4v) is 2.09. The first-order valence-corrected chi connectivity index (χ1v) is 7.11. The summed E-state index contributed by atoms with van der Waals surface area (Å²) in [5.74, 6) is -0.288. The molecule has 6 heteroatoms. The van der Waals surface area contributed by atoms with Crippen molar-refractivity contribution >= 4 is 5.91 Å². The number of benzene rings is 1. The molecule has 0 fully saturated rings. The van der Waals surface area contributed by atoms with Crippen molar-refractivity contribution in [3.63, 3.8) is 0 Å². The summed E-state index contributed by atoms with van der Waals surface area (Å²) in [6, 6.07) is 9.39. The molecule has 0 radical (unpaired) electrons. The molecule has 1 amide bonds. The molecule has 2 rings (SSSR count). The average Bonchev–Trinajstić information content (AvgIpc) is 3.04. The highest BCUT2D eigenvalue weighted by atomic mass is 16.1. The van der Waals surface area contributed by atoms with E-state index in [1.165, 1.54) is 0 Å². The van der Waals surface area contributed by atoms with Gasteiger partial charge in [-0.25, -0.2) is 0 Å². The summed E-state index contributed by atoms with van der Waals surface area (Å²) in [6.45, 7) is 3.19. The van der Waals surface area contributed by atoms with Crippen molar-refractivity contribution in [3.8, 4) is 0 Å². The predicted molar refractivity (Wildman–Crippen MR) is 80.2 cm³/mol. The van der Waals surface area contributed by atoms with Crippen molar-refractivity contribution in [1.29, 1.82) is 0 Å². The second kappa shape index (κ2) is 7.54. The first-order chi connectivity index (χ1) is 10.2. The Labute approximate surface area is 124 Å². The predicted octanol–water partition coefficient (Wildman–Crippen LogP) is 1.12. The molecule has 1 heterocycles. The van der Waals surface area contributed by atoms with E-state index < -0.39 is 0 Å². The van der Waals surface area contributed by atoms with Crippen LogP contribution in [0, 0.1) is 5.92 Å². The van der Waals surface area contributed by atoms with Crippen molar-refractivity contribution in [1.82, 2.24) is 20.3 Å². The Balaban J connectivity index is 1.74. The summed E-state index contributed by atoms with van der Waals surface area (Å²) in [7, 11) is 0. The zero-order chi connectivity index (χ0) is 15.1. The highest BCUT2D eigenvalue weighted by Crippen LogP contribution is 2.18. The number of carbonyl (C=O) groups excluding carboxylic acids is 1. The van der Waals surface area contributed by atoms with E-state index in [4.69, 9.17) is 5.73 Å². The molecule has 0 saturated carbocycles. The number of hydrogen-bond donors (Lipinski definition) is 2. The molecule has 1 aromatic heterocycles. The van der Waals surface area contributed by atoms with Gasteiger partial charge in [-0.05, 0) is 12.0 Å². The Morgan fingerprint density at radius 2 is 2.14 bits per heavy atom. The van der Waals surface area contributed by atoms with E-state index in [9.17, 15) is 4.79 Å². The number of amides is 1. The van der Waals surface area contributed by atoms with Crippen molar-refractivity contribution in [3.05, 3.63) is 48.3 Å². The van der Waals surface area contributed by atoms with Crippen LogP contribution in [0.15, 0.2) is 42.7 Å². The summed E-state index contributed by atoms with van der Waals surface area (Å²) >= 11 is 0. The van der Waals surface area contributed by atoms with Gasteiger partial charge in [0.25, 0.3) is 0 Å². The van der Waals surface area contributed by atoms with E-state index in [2.05, 4.69) is 15.6 Å².